The molecule has 112 valence electrons. The van der Waals surface area contributed by atoms with Crippen molar-refractivity contribution in [1.82, 2.24) is 9.97 Å². The van der Waals surface area contributed by atoms with E-state index in [-0.39, 0.29) is 10.9 Å². The fraction of sp³-hybridized carbons (Fsp3) is 0.286. The highest BCUT2D eigenvalue weighted by molar-refractivity contribution is 6.30. The first kappa shape index (κ1) is 15.3. The molecule has 0 radical (unpaired) electrons. The number of rotatable bonds is 6. The third kappa shape index (κ3) is 3.72. The number of methoxy groups -OCH3 is 1. The minimum atomic E-state index is -0.510. The summed E-state index contributed by atoms with van der Waals surface area (Å²) in [6.45, 7) is 2.79. The molecular weight excluding hydrogens is 297 g/mol. The van der Waals surface area contributed by atoms with Crippen molar-refractivity contribution in [2.75, 3.05) is 19.0 Å². The predicted octanol–water partition coefficient (Wildman–Crippen LogP) is 3.89. The Morgan fingerprint density at radius 1 is 1.33 bits per heavy atom. The van der Waals surface area contributed by atoms with Crippen LogP contribution >= 0.6 is 11.6 Å². The van der Waals surface area contributed by atoms with Gasteiger partial charge in [0.15, 0.2) is 5.82 Å². The van der Waals surface area contributed by atoms with Crippen molar-refractivity contribution in [3.63, 3.8) is 0 Å². The van der Waals surface area contributed by atoms with Crippen molar-refractivity contribution in [3.05, 3.63) is 35.4 Å². The fourth-order valence-corrected chi connectivity index (χ4v) is 1.81. The first-order valence-electron chi connectivity index (χ1n) is 6.41. The van der Waals surface area contributed by atoms with Crippen LogP contribution in [0.4, 0.5) is 10.2 Å². The fourth-order valence-electron chi connectivity index (χ4n) is 1.64. The summed E-state index contributed by atoms with van der Waals surface area (Å²) in [6.07, 6.45) is 2.30. The third-order valence-corrected chi connectivity index (χ3v) is 2.91. The normalized spacial score (nSPS) is 10.3. The van der Waals surface area contributed by atoms with Crippen molar-refractivity contribution in [3.8, 4) is 17.4 Å². The molecule has 2 rings (SSSR count). The van der Waals surface area contributed by atoms with Gasteiger partial charge >= 0.3 is 0 Å². The lowest BCUT2D eigenvalue weighted by Crippen LogP contribution is -2.05. The number of halogens is 2. The summed E-state index contributed by atoms with van der Waals surface area (Å²) in [5.74, 6) is 1.00. The van der Waals surface area contributed by atoms with Crippen LogP contribution in [-0.4, -0.2) is 23.6 Å². The molecule has 2 aromatic rings. The van der Waals surface area contributed by atoms with Gasteiger partial charge in [0.25, 0.3) is 5.88 Å². The van der Waals surface area contributed by atoms with E-state index in [0.717, 1.165) is 13.0 Å². The van der Waals surface area contributed by atoms with Gasteiger partial charge in [0.1, 0.15) is 17.9 Å². The molecule has 1 aromatic carbocycles. The van der Waals surface area contributed by atoms with E-state index in [4.69, 9.17) is 21.1 Å². The number of aromatic nitrogens is 2. The van der Waals surface area contributed by atoms with Gasteiger partial charge < -0.3 is 14.8 Å². The van der Waals surface area contributed by atoms with Crippen molar-refractivity contribution in [2.45, 2.75) is 13.3 Å². The Labute approximate surface area is 127 Å². The van der Waals surface area contributed by atoms with Crippen LogP contribution in [0.25, 0.3) is 0 Å². The summed E-state index contributed by atoms with van der Waals surface area (Å²) in [5.41, 5.74) is 0. The summed E-state index contributed by atoms with van der Waals surface area (Å²) < 4.78 is 24.0. The van der Waals surface area contributed by atoms with Gasteiger partial charge in [0, 0.05) is 12.6 Å². The molecule has 0 amide bonds. The first-order chi connectivity index (χ1) is 10.2. The van der Waals surface area contributed by atoms with Crippen LogP contribution in [0, 0.1) is 5.82 Å². The molecule has 0 bridgehead atoms. The van der Waals surface area contributed by atoms with Gasteiger partial charge in [0.2, 0.25) is 5.75 Å². The zero-order valence-corrected chi connectivity index (χ0v) is 12.4. The molecule has 0 aliphatic heterocycles. The number of ether oxygens (including phenoxy) is 2. The zero-order chi connectivity index (χ0) is 15.2. The Bertz CT molecular complexity index is 625. The molecule has 0 unspecified atom stereocenters. The van der Waals surface area contributed by atoms with E-state index in [9.17, 15) is 4.39 Å². The third-order valence-electron chi connectivity index (χ3n) is 2.62. The number of anilines is 1. The van der Waals surface area contributed by atoms with E-state index in [1.807, 2.05) is 6.92 Å². The first-order valence-corrected chi connectivity index (χ1v) is 6.79. The smallest absolute Gasteiger partial charge is 0.268 e. The second-order valence-corrected chi connectivity index (χ2v) is 4.57. The lowest BCUT2D eigenvalue weighted by Gasteiger charge is -2.13. The van der Waals surface area contributed by atoms with E-state index in [1.165, 1.54) is 31.6 Å². The van der Waals surface area contributed by atoms with E-state index in [1.54, 1.807) is 0 Å². The van der Waals surface area contributed by atoms with E-state index < -0.39 is 5.82 Å². The molecular formula is C14H15ClFN3O2. The Balaban J connectivity index is 2.28. The molecule has 0 aliphatic rings. The molecule has 1 aromatic heterocycles. The van der Waals surface area contributed by atoms with Gasteiger partial charge in [-0.25, -0.2) is 9.37 Å². The number of hydrogen-bond acceptors (Lipinski definition) is 5. The number of nitrogens with zero attached hydrogens (tertiary/aromatic N) is 2. The molecule has 0 spiro atoms. The Kier molecular flexibility index (Phi) is 5.16. The highest BCUT2D eigenvalue weighted by Crippen LogP contribution is 2.35. The largest absolute Gasteiger partial charge is 0.489 e. The van der Waals surface area contributed by atoms with Crippen molar-refractivity contribution in [2.24, 2.45) is 0 Å². The standard InChI is InChI=1S/C14H15ClFN3O2/c1-3-6-17-13-12(20-2)14(19-8-18-13)21-9-4-5-11(16)10(15)7-9/h4-5,7-8H,3,6H2,1-2H3,(H,17,18,19). The quantitative estimate of drug-likeness (QED) is 0.877. The average Bonchev–Trinajstić information content (AvgIpc) is 2.49. The van der Waals surface area contributed by atoms with Gasteiger partial charge in [-0.3, -0.25) is 0 Å². The SMILES string of the molecule is CCCNc1ncnc(Oc2ccc(F)c(Cl)c2)c1OC. The van der Waals surface area contributed by atoms with Crippen LogP contribution in [0.5, 0.6) is 17.4 Å². The van der Waals surface area contributed by atoms with E-state index >= 15 is 0 Å². The van der Waals surface area contributed by atoms with Gasteiger partial charge in [-0.15, -0.1) is 0 Å². The Morgan fingerprint density at radius 3 is 2.81 bits per heavy atom. The molecule has 21 heavy (non-hydrogen) atoms. The molecule has 0 saturated heterocycles. The van der Waals surface area contributed by atoms with E-state index in [0.29, 0.717) is 17.3 Å². The number of benzene rings is 1. The molecule has 5 nitrogen and oxygen atoms in total. The minimum Gasteiger partial charge on any atom is -0.489 e. The zero-order valence-electron chi connectivity index (χ0n) is 11.7. The van der Waals surface area contributed by atoms with Gasteiger partial charge in [-0.05, 0) is 18.6 Å². The molecule has 0 aliphatic carbocycles. The molecule has 0 saturated carbocycles. The molecule has 0 atom stereocenters. The summed E-state index contributed by atoms with van der Waals surface area (Å²) in [7, 11) is 1.50. The highest BCUT2D eigenvalue weighted by atomic mass is 35.5. The summed E-state index contributed by atoms with van der Waals surface area (Å²) in [6, 6.07) is 4.06. The van der Waals surface area contributed by atoms with Crippen LogP contribution in [-0.2, 0) is 0 Å². The average molecular weight is 312 g/mol. The van der Waals surface area contributed by atoms with Crippen LogP contribution in [0.2, 0.25) is 5.02 Å². The maximum atomic E-state index is 13.1. The van der Waals surface area contributed by atoms with Crippen molar-refractivity contribution < 1.29 is 13.9 Å². The molecule has 1 N–H and O–H groups in total. The van der Waals surface area contributed by atoms with E-state index in [2.05, 4.69) is 15.3 Å². The lowest BCUT2D eigenvalue weighted by atomic mass is 10.3. The lowest BCUT2D eigenvalue weighted by molar-refractivity contribution is 0.368. The number of hydrogen-bond donors (Lipinski definition) is 1. The van der Waals surface area contributed by atoms with Crippen LogP contribution in [0.1, 0.15) is 13.3 Å². The summed E-state index contributed by atoms with van der Waals surface area (Å²) >= 11 is 5.72. The van der Waals surface area contributed by atoms with Gasteiger partial charge in [-0.2, -0.15) is 4.98 Å². The number of nitrogens with one attached hydrogen (secondary N) is 1. The summed E-state index contributed by atoms with van der Waals surface area (Å²) in [5, 5.41) is 3.10. The van der Waals surface area contributed by atoms with Crippen LogP contribution < -0.4 is 14.8 Å². The highest BCUT2D eigenvalue weighted by Gasteiger charge is 2.14. The summed E-state index contributed by atoms with van der Waals surface area (Å²) in [4.78, 5) is 8.14. The van der Waals surface area contributed by atoms with Crippen molar-refractivity contribution >= 4 is 17.4 Å². The van der Waals surface area contributed by atoms with Crippen LogP contribution in [0.15, 0.2) is 24.5 Å². The second-order valence-electron chi connectivity index (χ2n) is 4.17. The molecule has 7 heteroatoms. The van der Waals surface area contributed by atoms with Crippen LogP contribution in [0.3, 0.4) is 0 Å². The Morgan fingerprint density at radius 2 is 2.14 bits per heavy atom. The van der Waals surface area contributed by atoms with Gasteiger partial charge in [0.05, 0.1) is 12.1 Å². The second kappa shape index (κ2) is 7.08. The minimum absolute atomic E-state index is 0.0233. The monoisotopic (exact) mass is 311 g/mol. The van der Waals surface area contributed by atoms with Crippen molar-refractivity contribution in [1.29, 1.82) is 0 Å². The molecule has 1 heterocycles. The van der Waals surface area contributed by atoms with Gasteiger partial charge in [-0.1, -0.05) is 18.5 Å². The topological polar surface area (TPSA) is 56.3 Å². The maximum absolute atomic E-state index is 13.1. The molecule has 0 fully saturated rings. The predicted molar refractivity (Wildman–Crippen MR) is 78.8 cm³/mol. The Hall–Kier alpha value is -2.08. The maximum Gasteiger partial charge on any atom is 0.268 e.